The Morgan fingerprint density at radius 3 is 2.68 bits per heavy atom. The Labute approximate surface area is 112 Å². The molecule has 2 saturated heterocycles. The van der Waals surface area contributed by atoms with Gasteiger partial charge >= 0.3 is 12.0 Å². The Kier molecular flexibility index (Phi) is 3.96. The van der Waals surface area contributed by atoms with Gasteiger partial charge in [0.2, 0.25) is 0 Å². The summed E-state index contributed by atoms with van der Waals surface area (Å²) in [5.41, 5.74) is -0.526. The lowest BCUT2D eigenvalue weighted by Gasteiger charge is -2.47. The number of likely N-dealkylation sites (tertiary alicyclic amines) is 2. The maximum atomic E-state index is 11.9. The first kappa shape index (κ1) is 14.1. The van der Waals surface area contributed by atoms with Gasteiger partial charge in [0.25, 0.3) is 0 Å². The molecule has 0 saturated carbocycles. The number of urea groups is 1. The van der Waals surface area contributed by atoms with Gasteiger partial charge in [-0.25, -0.2) is 9.59 Å². The highest BCUT2D eigenvalue weighted by atomic mass is 16.5. The number of carbonyl (C=O) groups excluding carboxylic acids is 1. The number of carboxylic acid groups (broad SMARTS) is 1. The van der Waals surface area contributed by atoms with Crippen LogP contribution in [0.4, 0.5) is 4.79 Å². The average molecular weight is 271 g/mol. The molecule has 1 unspecified atom stereocenters. The molecule has 2 heterocycles. The fourth-order valence-corrected chi connectivity index (χ4v) is 2.55. The number of carbonyl (C=O) groups is 2. The lowest BCUT2D eigenvalue weighted by Crippen LogP contribution is -2.66. The van der Waals surface area contributed by atoms with Crippen LogP contribution >= 0.6 is 0 Å². The SMILES string of the molecule is CN1CCC(NC(=O)N2CC(C)(OCC(=O)O)C2)C1. The van der Waals surface area contributed by atoms with Gasteiger partial charge in [0, 0.05) is 12.6 Å². The number of hydrogen-bond acceptors (Lipinski definition) is 4. The molecule has 2 fully saturated rings. The van der Waals surface area contributed by atoms with Crippen LogP contribution in [0.5, 0.6) is 0 Å². The van der Waals surface area contributed by atoms with Crippen LogP contribution in [0.1, 0.15) is 13.3 Å². The molecule has 0 aliphatic carbocycles. The summed E-state index contributed by atoms with van der Waals surface area (Å²) in [4.78, 5) is 26.2. The van der Waals surface area contributed by atoms with E-state index < -0.39 is 11.6 Å². The summed E-state index contributed by atoms with van der Waals surface area (Å²) in [5.74, 6) is -0.988. The quantitative estimate of drug-likeness (QED) is 0.725. The van der Waals surface area contributed by atoms with E-state index in [0.29, 0.717) is 13.1 Å². The van der Waals surface area contributed by atoms with Crippen molar-refractivity contribution in [3.8, 4) is 0 Å². The summed E-state index contributed by atoms with van der Waals surface area (Å²) >= 11 is 0. The van der Waals surface area contributed by atoms with Gasteiger partial charge in [-0.3, -0.25) is 0 Å². The van der Waals surface area contributed by atoms with Crippen LogP contribution in [0.25, 0.3) is 0 Å². The van der Waals surface area contributed by atoms with Crippen molar-refractivity contribution in [2.45, 2.75) is 25.0 Å². The van der Waals surface area contributed by atoms with E-state index in [2.05, 4.69) is 10.2 Å². The number of carboxylic acids is 1. The molecule has 2 N–H and O–H groups in total. The molecule has 2 amide bonds. The normalized spacial score (nSPS) is 26.0. The van der Waals surface area contributed by atoms with Crippen molar-refractivity contribution in [2.24, 2.45) is 0 Å². The minimum absolute atomic E-state index is 0.0864. The molecule has 2 aliphatic heterocycles. The van der Waals surface area contributed by atoms with Gasteiger partial charge in [-0.05, 0) is 26.9 Å². The van der Waals surface area contributed by atoms with Crippen LogP contribution in [0.2, 0.25) is 0 Å². The molecule has 19 heavy (non-hydrogen) atoms. The Bertz CT molecular complexity index is 368. The molecule has 7 heteroatoms. The third kappa shape index (κ3) is 3.57. The number of likely N-dealkylation sites (N-methyl/N-ethyl adjacent to an activating group) is 1. The van der Waals surface area contributed by atoms with Crippen LogP contribution < -0.4 is 5.32 Å². The summed E-state index contributed by atoms with van der Waals surface area (Å²) < 4.78 is 5.26. The van der Waals surface area contributed by atoms with Gasteiger partial charge in [-0.2, -0.15) is 0 Å². The Morgan fingerprint density at radius 1 is 1.47 bits per heavy atom. The van der Waals surface area contributed by atoms with Gasteiger partial charge in [0.05, 0.1) is 13.1 Å². The van der Waals surface area contributed by atoms with Crippen molar-refractivity contribution >= 4 is 12.0 Å². The Morgan fingerprint density at radius 2 is 2.16 bits per heavy atom. The number of hydrogen-bond donors (Lipinski definition) is 2. The number of amides is 2. The second-order valence-electron chi connectivity index (χ2n) is 5.69. The summed E-state index contributed by atoms with van der Waals surface area (Å²) in [7, 11) is 2.03. The minimum Gasteiger partial charge on any atom is -0.480 e. The zero-order valence-electron chi connectivity index (χ0n) is 11.4. The third-order valence-electron chi connectivity index (χ3n) is 3.60. The van der Waals surface area contributed by atoms with E-state index >= 15 is 0 Å². The Balaban J connectivity index is 1.70. The van der Waals surface area contributed by atoms with Crippen LogP contribution in [0.15, 0.2) is 0 Å². The van der Waals surface area contributed by atoms with E-state index in [1.54, 1.807) is 4.90 Å². The number of aliphatic carboxylic acids is 1. The molecule has 0 bridgehead atoms. The maximum Gasteiger partial charge on any atom is 0.329 e. The molecule has 0 aromatic heterocycles. The monoisotopic (exact) mass is 271 g/mol. The molecule has 2 rings (SSSR count). The molecular weight excluding hydrogens is 250 g/mol. The molecule has 0 aromatic carbocycles. The van der Waals surface area contributed by atoms with Crippen LogP contribution in [0.3, 0.4) is 0 Å². The molecule has 1 atom stereocenters. The van der Waals surface area contributed by atoms with E-state index in [-0.39, 0.29) is 18.7 Å². The van der Waals surface area contributed by atoms with E-state index in [1.807, 2.05) is 14.0 Å². The summed E-state index contributed by atoms with van der Waals surface area (Å²) in [6.45, 7) is 4.27. The molecule has 2 aliphatic rings. The third-order valence-corrected chi connectivity index (χ3v) is 3.60. The van der Waals surface area contributed by atoms with Gasteiger partial charge in [-0.1, -0.05) is 0 Å². The van der Waals surface area contributed by atoms with E-state index in [1.165, 1.54) is 0 Å². The fourth-order valence-electron chi connectivity index (χ4n) is 2.55. The number of nitrogens with one attached hydrogen (secondary N) is 1. The largest absolute Gasteiger partial charge is 0.480 e. The number of ether oxygens (including phenoxy) is 1. The van der Waals surface area contributed by atoms with Gasteiger partial charge < -0.3 is 25.0 Å². The van der Waals surface area contributed by atoms with E-state index in [9.17, 15) is 9.59 Å². The van der Waals surface area contributed by atoms with E-state index in [0.717, 1.165) is 19.5 Å². The summed E-state index contributed by atoms with van der Waals surface area (Å²) in [6.07, 6.45) is 0.975. The van der Waals surface area contributed by atoms with Crippen LogP contribution in [-0.4, -0.2) is 78.4 Å². The van der Waals surface area contributed by atoms with Crippen molar-refractivity contribution in [3.05, 3.63) is 0 Å². The number of rotatable bonds is 4. The molecule has 0 aromatic rings. The van der Waals surface area contributed by atoms with Crippen LogP contribution in [0, 0.1) is 0 Å². The lowest BCUT2D eigenvalue weighted by molar-refractivity contribution is -0.159. The predicted molar refractivity (Wildman–Crippen MR) is 68.0 cm³/mol. The average Bonchev–Trinajstić information content (AvgIpc) is 2.68. The zero-order valence-corrected chi connectivity index (χ0v) is 11.4. The van der Waals surface area contributed by atoms with Gasteiger partial charge in [0.15, 0.2) is 0 Å². The molecular formula is C12H21N3O4. The second kappa shape index (κ2) is 5.34. The maximum absolute atomic E-state index is 11.9. The van der Waals surface area contributed by atoms with Crippen molar-refractivity contribution < 1.29 is 19.4 Å². The zero-order chi connectivity index (χ0) is 14.0. The number of nitrogens with zero attached hydrogens (tertiary/aromatic N) is 2. The fraction of sp³-hybridized carbons (Fsp3) is 0.833. The van der Waals surface area contributed by atoms with Gasteiger partial charge in [0.1, 0.15) is 12.2 Å². The Hall–Kier alpha value is -1.34. The standard InChI is InChI=1S/C12H21N3O4/c1-12(19-6-10(16)17)7-15(8-12)11(18)13-9-3-4-14(2)5-9/h9H,3-8H2,1-2H3,(H,13,18)(H,16,17). The minimum atomic E-state index is -0.988. The first-order chi connectivity index (χ1) is 8.88. The highest BCUT2D eigenvalue weighted by Crippen LogP contribution is 2.24. The lowest BCUT2D eigenvalue weighted by atomic mass is 9.97. The predicted octanol–water partition coefficient (Wildman–Crippen LogP) is -0.424. The highest BCUT2D eigenvalue weighted by molar-refractivity contribution is 5.76. The van der Waals surface area contributed by atoms with Crippen LogP contribution in [-0.2, 0) is 9.53 Å². The molecule has 0 radical (unpaired) electrons. The summed E-state index contributed by atoms with van der Waals surface area (Å²) in [5, 5.41) is 11.6. The van der Waals surface area contributed by atoms with E-state index in [4.69, 9.17) is 9.84 Å². The first-order valence-corrected chi connectivity index (χ1v) is 6.48. The summed E-state index contributed by atoms with van der Waals surface area (Å²) in [6, 6.07) is 0.126. The van der Waals surface area contributed by atoms with Gasteiger partial charge in [-0.15, -0.1) is 0 Å². The highest BCUT2D eigenvalue weighted by Gasteiger charge is 2.43. The topological polar surface area (TPSA) is 82.1 Å². The smallest absolute Gasteiger partial charge is 0.329 e. The molecule has 108 valence electrons. The van der Waals surface area contributed by atoms with Crippen molar-refractivity contribution in [2.75, 3.05) is 39.8 Å². The van der Waals surface area contributed by atoms with Crippen molar-refractivity contribution in [1.29, 1.82) is 0 Å². The van der Waals surface area contributed by atoms with Crippen molar-refractivity contribution in [3.63, 3.8) is 0 Å². The first-order valence-electron chi connectivity index (χ1n) is 6.48. The molecule has 7 nitrogen and oxygen atoms in total. The molecule has 0 spiro atoms. The second-order valence-corrected chi connectivity index (χ2v) is 5.69. The van der Waals surface area contributed by atoms with Crippen molar-refractivity contribution in [1.82, 2.24) is 15.1 Å².